The third-order valence-corrected chi connectivity index (χ3v) is 4.49. The molecule has 8 heteroatoms. The molecule has 1 atom stereocenters. The topological polar surface area (TPSA) is 118 Å². The summed E-state index contributed by atoms with van der Waals surface area (Å²) in [6, 6.07) is 6.54. The lowest BCUT2D eigenvalue weighted by Gasteiger charge is -2.29. The van der Waals surface area contributed by atoms with E-state index in [0.29, 0.717) is 24.2 Å². The Bertz CT molecular complexity index is 911. The molecular weight excluding hydrogens is 322 g/mol. The molecule has 3 amide bonds. The number of carbonyl (C=O) groups excluding carboxylic acids is 3. The summed E-state index contributed by atoms with van der Waals surface area (Å²) in [4.78, 5) is 45.6. The Morgan fingerprint density at radius 1 is 1.20 bits per heavy atom. The molecule has 8 nitrogen and oxygen atoms in total. The van der Waals surface area contributed by atoms with Crippen LogP contribution in [0.1, 0.15) is 28.8 Å². The maximum Gasteiger partial charge on any atom is 0.255 e. The highest BCUT2D eigenvalue weighted by Gasteiger charge is 2.39. The fourth-order valence-electron chi connectivity index (χ4n) is 3.27. The second kappa shape index (κ2) is 5.66. The second-order valence-electron chi connectivity index (χ2n) is 6.07. The Morgan fingerprint density at radius 3 is 2.80 bits per heavy atom. The van der Waals surface area contributed by atoms with Gasteiger partial charge in [0.05, 0.1) is 5.69 Å². The predicted octanol–water partition coefficient (Wildman–Crippen LogP) is 0.487. The summed E-state index contributed by atoms with van der Waals surface area (Å²) in [5, 5.41) is 2.29. The lowest BCUT2D eigenvalue weighted by Crippen LogP contribution is -2.52. The predicted molar refractivity (Wildman–Crippen MR) is 87.9 cm³/mol. The standard InChI is InChI=1S/C17H15N5O3/c18-17-19-6-5-12(20-17)9-1-2-11-10(7-9)8-22(16(11)25)13-3-4-14(23)21-15(13)24/h1-2,5-7,13H,3-4,8H2,(H2,18,19,20)(H,21,23,24). The largest absolute Gasteiger partial charge is 0.368 e. The number of fused-ring (bicyclic) bond motifs is 1. The lowest BCUT2D eigenvalue weighted by atomic mass is 10.0. The fourth-order valence-corrected chi connectivity index (χ4v) is 3.27. The first-order chi connectivity index (χ1) is 12.0. The molecule has 3 heterocycles. The molecule has 1 fully saturated rings. The first-order valence-electron chi connectivity index (χ1n) is 7.89. The zero-order chi connectivity index (χ0) is 17.6. The number of piperidine rings is 1. The molecule has 1 saturated heterocycles. The van der Waals surface area contributed by atoms with Crippen LogP contribution in [0.2, 0.25) is 0 Å². The van der Waals surface area contributed by atoms with Gasteiger partial charge in [0.25, 0.3) is 5.91 Å². The number of hydrogen-bond donors (Lipinski definition) is 2. The molecule has 0 bridgehead atoms. The number of nitrogens with zero attached hydrogens (tertiary/aromatic N) is 3. The molecule has 25 heavy (non-hydrogen) atoms. The molecule has 4 rings (SSSR count). The molecule has 0 saturated carbocycles. The summed E-state index contributed by atoms with van der Waals surface area (Å²) in [6.45, 7) is 0.328. The van der Waals surface area contributed by atoms with E-state index in [1.165, 1.54) is 4.90 Å². The number of carbonyl (C=O) groups is 3. The van der Waals surface area contributed by atoms with Crippen molar-refractivity contribution in [3.63, 3.8) is 0 Å². The van der Waals surface area contributed by atoms with Crippen molar-refractivity contribution in [2.24, 2.45) is 0 Å². The van der Waals surface area contributed by atoms with Crippen molar-refractivity contribution in [2.45, 2.75) is 25.4 Å². The van der Waals surface area contributed by atoms with Crippen molar-refractivity contribution in [1.29, 1.82) is 0 Å². The first-order valence-corrected chi connectivity index (χ1v) is 7.89. The Kier molecular flexibility index (Phi) is 3.45. The number of anilines is 1. The van der Waals surface area contributed by atoms with E-state index < -0.39 is 11.9 Å². The van der Waals surface area contributed by atoms with Crippen molar-refractivity contribution in [3.05, 3.63) is 41.6 Å². The Balaban J connectivity index is 1.63. The quantitative estimate of drug-likeness (QED) is 0.770. The summed E-state index contributed by atoms with van der Waals surface area (Å²) in [5.74, 6) is -0.729. The van der Waals surface area contributed by atoms with Crippen molar-refractivity contribution in [3.8, 4) is 11.3 Å². The van der Waals surface area contributed by atoms with Crippen LogP contribution in [0.4, 0.5) is 5.95 Å². The third kappa shape index (κ3) is 2.61. The molecule has 1 aromatic heterocycles. The van der Waals surface area contributed by atoms with Gasteiger partial charge in [0.2, 0.25) is 17.8 Å². The number of aromatic nitrogens is 2. The van der Waals surface area contributed by atoms with Crippen molar-refractivity contribution in [1.82, 2.24) is 20.2 Å². The number of nitrogens with two attached hydrogens (primary N) is 1. The second-order valence-corrected chi connectivity index (χ2v) is 6.07. The molecule has 126 valence electrons. The van der Waals surface area contributed by atoms with E-state index in [-0.39, 0.29) is 24.2 Å². The third-order valence-electron chi connectivity index (χ3n) is 4.49. The summed E-state index contributed by atoms with van der Waals surface area (Å²) in [5.41, 5.74) is 8.50. The number of amides is 3. The molecule has 2 aliphatic rings. The molecule has 0 aliphatic carbocycles. The van der Waals surface area contributed by atoms with Crippen LogP contribution < -0.4 is 11.1 Å². The van der Waals surface area contributed by atoms with Crippen LogP contribution in [0.3, 0.4) is 0 Å². The fraction of sp³-hybridized carbons (Fsp3) is 0.235. The van der Waals surface area contributed by atoms with Crippen molar-refractivity contribution in [2.75, 3.05) is 5.73 Å². The van der Waals surface area contributed by atoms with Gasteiger partial charge in [-0.25, -0.2) is 9.97 Å². The van der Waals surface area contributed by atoms with Crippen LogP contribution in [0, 0.1) is 0 Å². The Labute approximate surface area is 143 Å². The zero-order valence-electron chi connectivity index (χ0n) is 13.2. The van der Waals surface area contributed by atoms with Gasteiger partial charge in [-0.2, -0.15) is 0 Å². The van der Waals surface area contributed by atoms with Gasteiger partial charge in [0.1, 0.15) is 6.04 Å². The van der Waals surface area contributed by atoms with Crippen molar-refractivity contribution >= 4 is 23.7 Å². The SMILES string of the molecule is Nc1nccc(-c2ccc3c(c2)CN(C2CCC(=O)NC2=O)C3=O)n1. The average Bonchev–Trinajstić information content (AvgIpc) is 2.91. The van der Waals surface area contributed by atoms with E-state index in [1.54, 1.807) is 24.4 Å². The van der Waals surface area contributed by atoms with Crippen LogP contribution in [-0.4, -0.2) is 38.6 Å². The maximum atomic E-state index is 12.6. The van der Waals surface area contributed by atoms with Gasteiger partial charge in [-0.15, -0.1) is 0 Å². The van der Waals surface area contributed by atoms with E-state index in [2.05, 4.69) is 15.3 Å². The van der Waals surface area contributed by atoms with Gasteiger partial charge in [-0.05, 0) is 30.2 Å². The van der Waals surface area contributed by atoms with E-state index in [1.807, 2.05) is 6.07 Å². The number of nitrogens with one attached hydrogen (secondary N) is 1. The smallest absolute Gasteiger partial charge is 0.255 e. The minimum Gasteiger partial charge on any atom is -0.368 e. The van der Waals surface area contributed by atoms with E-state index in [4.69, 9.17) is 5.73 Å². The highest BCUT2D eigenvalue weighted by molar-refractivity contribution is 6.05. The highest BCUT2D eigenvalue weighted by Crippen LogP contribution is 2.30. The Morgan fingerprint density at radius 2 is 2.04 bits per heavy atom. The highest BCUT2D eigenvalue weighted by atomic mass is 16.2. The molecular formula is C17H15N5O3. The van der Waals surface area contributed by atoms with Gasteiger partial charge < -0.3 is 10.6 Å². The average molecular weight is 337 g/mol. The molecule has 2 aromatic rings. The summed E-state index contributed by atoms with van der Waals surface area (Å²) < 4.78 is 0. The zero-order valence-corrected chi connectivity index (χ0v) is 13.2. The van der Waals surface area contributed by atoms with Crippen LogP contribution in [0.25, 0.3) is 11.3 Å². The minimum atomic E-state index is -0.615. The van der Waals surface area contributed by atoms with Crippen LogP contribution in [0.15, 0.2) is 30.5 Å². The first kappa shape index (κ1) is 15.3. The van der Waals surface area contributed by atoms with Gasteiger partial charge in [-0.1, -0.05) is 6.07 Å². The lowest BCUT2D eigenvalue weighted by molar-refractivity contribution is -0.136. The van der Waals surface area contributed by atoms with Gasteiger partial charge in [0, 0.05) is 30.3 Å². The molecule has 0 spiro atoms. The summed E-state index contributed by atoms with van der Waals surface area (Å²) in [7, 11) is 0. The molecule has 1 aromatic carbocycles. The van der Waals surface area contributed by atoms with Gasteiger partial charge >= 0.3 is 0 Å². The summed E-state index contributed by atoms with van der Waals surface area (Å²) >= 11 is 0. The van der Waals surface area contributed by atoms with Crippen molar-refractivity contribution < 1.29 is 14.4 Å². The van der Waals surface area contributed by atoms with Crippen LogP contribution >= 0.6 is 0 Å². The monoisotopic (exact) mass is 337 g/mol. The molecule has 3 N–H and O–H groups in total. The van der Waals surface area contributed by atoms with Crippen LogP contribution in [0.5, 0.6) is 0 Å². The molecule has 2 aliphatic heterocycles. The van der Waals surface area contributed by atoms with E-state index in [0.717, 1.165) is 11.1 Å². The maximum absolute atomic E-state index is 12.6. The van der Waals surface area contributed by atoms with E-state index in [9.17, 15) is 14.4 Å². The molecule has 1 unspecified atom stereocenters. The number of imide groups is 1. The van der Waals surface area contributed by atoms with Gasteiger partial charge in [0.15, 0.2) is 0 Å². The summed E-state index contributed by atoms with van der Waals surface area (Å²) in [6.07, 6.45) is 2.16. The Hall–Kier alpha value is -3.29. The number of hydrogen-bond acceptors (Lipinski definition) is 6. The number of rotatable bonds is 2. The normalized spacial score (nSPS) is 19.8. The number of benzene rings is 1. The van der Waals surface area contributed by atoms with Crippen LogP contribution in [-0.2, 0) is 16.1 Å². The van der Waals surface area contributed by atoms with E-state index >= 15 is 0 Å². The minimum absolute atomic E-state index is 0.180. The number of nitrogen functional groups attached to an aromatic ring is 1. The molecule has 0 radical (unpaired) electrons. The van der Waals surface area contributed by atoms with Gasteiger partial charge in [-0.3, -0.25) is 19.7 Å².